The quantitative estimate of drug-likeness (QED) is 0.789. The van der Waals surface area contributed by atoms with Gasteiger partial charge < -0.3 is 5.32 Å². The Hall–Kier alpha value is -2.43. The highest BCUT2D eigenvalue weighted by atomic mass is 15.3. The van der Waals surface area contributed by atoms with E-state index in [9.17, 15) is 0 Å². The molecule has 2 heterocycles. The van der Waals surface area contributed by atoms with Crippen molar-refractivity contribution in [3.63, 3.8) is 0 Å². The third-order valence-corrected chi connectivity index (χ3v) is 3.25. The van der Waals surface area contributed by atoms with E-state index in [2.05, 4.69) is 40.3 Å². The van der Waals surface area contributed by atoms with E-state index in [0.717, 1.165) is 35.5 Å². The Morgan fingerprint density at radius 3 is 2.85 bits per heavy atom. The lowest BCUT2D eigenvalue weighted by Gasteiger charge is -2.07. The Bertz CT molecular complexity index is 732. The van der Waals surface area contributed by atoms with Crippen LogP contribution in [0.4, 0.5) is 5.82 Å². The van der Waals surface area contributed by atoms with Crippen LogP contribution in [0.3, 0.4) is 0 Å². The highest BCUT2D eigenvalue weighted by Gasteiger charge is 2.11. The molecule has 0 aliphatic heterocycles. The first-order valence-corrected chi connectivity index (χ1v) is 6.80. The zero-order valence-corrected chi connectivity index (χ0v) is 11.7. The first-order valence-electron chi connectivity index (χ1n) is 6.80. The van der Waals surface area contributed by atoms with Gasteiger partial charge in [-0.3, -0.25) is 0 Å². The van der Waals surface area contributed by atoms with E-state index >= 15 is 0 Å². The van der Waals surface area contributed by atoms with Crippen molar-refractivity contribution in [2.75, 3.05) is 11.9 Å². The molecule has 0 aliphatic carbocycles. The van der Waals surface area contributed by atoms with Gasteiger partial charge in [0.05, 0.1) is 17.3 Å². The van der Waals surface area contributed by atoms with Crippen LogP contribution in [-0.4, -0.2) is 26.3 Å². The summed E-state index contributed by atoms with van der Waals surface area (Å²) in [6, 6.07) is 8.14. The van der Waals surface area contributed by atoms with Crippen LogP contribution >= 0.6 is 0 Å². The van der Waals surface area contributed by atoms with Crippen LogP contribution in [0.2, 0.25) is 0 Å². The second-order valence-corrected chi connectivity index (χ2v) is 4.73. The summed E-state index contributed by atoms with van der Waals surface area (Å²) < 4.78 is 1.86. The summed E-state index contributed by atoms with van der Waals surface area (Å²) >= 11 is 0. The van der Waals surface area contributed by atoms with Gasteiger partial charge in [0.1, 0.15) is 12.1 Å². The number of fused-ring (bicyclic) bond motifs is 1. The van der Waals surface area contributed by atoms with Crippen molar-refractivity contribution in [1.82, 2.24) is 19.7 Å². The largest absolute Gasteiger partial charge is 0.369 e. The smallest absolute Gasteiger partial charge is 0.168 e. The van der Waals surface area contributed by atoms with Crippen LogP contribution in [-0.2, 0) is 0 Å². The molecular formula is C15H17N5. The van der Waals surface area contributed by atoms with E-state index < -0.39 is 0 Å². The minimum Gasteiger partial charge on any atom is -0.369 e. The molecule has 0 bridgehead atoms. The summed E-state index contributed by atoms with van der Waals surface area (Å²) in [5.41, 5.74) is 3.04. The standard InChI is InChI=1S/C15H17N5/c1-3-8-16-14-12-9-19-20(15(12)18-10-17-14)13-7-5-4-6-11(13)2/h4-7,9-10H,3,8H2,1-2H3,(H,16,17,18). The van der Waals surface area contributed by atoms with Gasteiger partial charge in [-0.2, -0.15) is 5.10 Å². The van der Waals surface area contributed by atoms with E-state index in [-0.39, 0.29) is 0 Å². The maximum absolute atomic E-state index is 4.47. The number of nitrogens with zero attached hydrogens (tertiary/aromatic N) is 4. The number of hydrogen-bond acceptors (Lipinski definition) is 4. The maximum atomic E-state index is 4.47. The third kappa shape index (κ3) is 2.11. The lowest BCUT2D eigenvalue weighted by atomic mass is 10.2. The zero-order chi connectivity index (χ0) is 13.9. The van der Waals surface area contributed by atoms with Gasteiger partial charge in [-0.05, 0) is 25.0 Å². The number of aromatic nitrogens is 4. The summed E-state index contributed by atoms with van der Waals surface area (Å²) in [6.45, 7) is 5.09. The van der Waals surface area contributed by atoms with Crippen LogP contribution in [0.25, 0.3) is 16.7 Å². The molecule has 0 fully saturated rings. The highest BCUT2D eigenvalue weighted by Crippen LogP contribution is 2.22. The summed E-state index contributed by atoms with van der Waals surface area (Å²) in [7, 11) is 0. The average molecular weight is 267 g/mol. The predicted molar refractivity (Wildman–Crippen MR) is 80.2 cm³/mol. The molecule has 20 heavy (non-hydrogen) atoms. The van der Waals surface area contributed by atoms with Gasteiger partial charge in [0.15, 0.2) is 5.65 Å². The minimum absolute atomic E-state index is 0.827. The normalized spacial score (nSPS) is 10.9. The van der Waals surface area contributed by atoms with Gasteiger partial charge in [0.2, 0.25) is 0 Å². The van der Waals surface area contributed by atoms with Crippen molar-refractivity contribution in [3.8, 4) is 5.69 Å². The average Bonchev–Trinajstić information content (AvgIpc) is 2.90. The molecule has 1 N–H and O–H groups in total. The number of rotatable bonds is 4. The fourth-order valence-corrected chi connectivity index (χ4v) is 2.21. The Balaban J connectivity index is 2.13. The van der Waals surface area contributed by atoms with Crippen molar-refractivity contribution < 1.29 is 0 Å². The van der Waals surface area contributed by atoms with Crippen LogP contribution in [0.15, 0.2) is 36.8 Å². The number of benzene rings is 1. The minimum atomic E-state index is 0.827. The number of hydrogen-bond donors (Lipinski definition) is 1. The first-order chi connectivity index (χ1) is 9.81. The summed E-state index contributed by atoms with van der Waals surface area (Å²) in [6.07, 6.45) is 4.45. The maximum Gasteiger partial charge on any atom is 0.168 e. The van der Waals surface area contributed by atoms with E-state index in [0.29, 0.717) is 0 Å². The Morgan fingerprint density at radius 1 is 1.20 bits per heavy atom. The van der Waals surface area contributed by atoms with Crippen molar-refractivity contribution in [2.24, 2.45) is 0 Å². The van der Waals surface area contributed by atoms with Crippen LogP contribution in [0.5, 0.6) is 0 Å². The number of nitrogens with one attached hydrogen (secondary N) is 1. The topological polar surface area (TPSA) is 55.6 Å². The molecule has 0 amide bonds. The van der Waals surface area contributed by atoms with Gasteiger partial charge in [-0.25, -0.2) is 14.6 Å². The van der Waals surface area contributed by atoms with Gasteiger partial charge in [-0.1, -0.05) is 25.1 Å². The summed E-state index contributed by atoms with van der Waals surface area (Å²) in [4.78, 5) is 8.68. The lowest BCUT2D eigenvalue weighted by Crippen LogP contribution is -2.04. The molecule has 0 aliphatic rings. The van der Waals surface area contributed by atoms with Crippen molar-refractivity contribution >= 4 is 16.9 Å². The van der Waals surface area contributed by atoms with Gasteiger partial charge in [0, 0.05) is 6.54 Å². The summed E-state index contributed by atoms with van der Waals surface area (Å²) in [5.74, 6) is 0.844. The Labute approximate surface area is 117 Å². The van der Waals surface area contributed by atoms with Gasteiger partial charge in [-0.15, -0.1) is 0 Å². The van der Waals surface area contributed by atoms with E-state index in [1.54, 1.807) is 6.33 Å². The monoisotopic (exact) mass is 267 g/mol. The molecule has 3 rings (SSSR count). The van der Waals surface area contributed by atoms with E-state index in [1.165, 1.54) is 5.56 Å². The molecule has 3 aromatic rings. The van der Waals surface area contributed by atoms with Gasteiger partial charge in [0.25, 0.3) is 0 Å². The molecule has 0 saturated carbocycles. The molecule has 0 saturated heterocycles. The molecule has 0 atom stereocenters. The Morgan fingerprint density at radius 2 is 2.05 bits per heavy atom. The fraction of sp³-hybridized carbons (Fsp3) is 0.267. The summed E-state index contributed by atoms with van der Waals surface area (Å²) in [5, 5.41) is 8.73. The van der Waals surface area contributed by atoms with Gasteiger partial charge >= 0.3 is 0 Å². The van der Waals surface area contributed by atoms with Crippen molar-refractivity contribution in [2.45, 2.75) is 20.3 Å². The molecule has 2 aromatic heterocycles. The highest BCUT2D eigenvalue weighted by molar-refractivity contribution is 5.87. The third-order valence-electron chi connectivity index (χ3n) is 3.25. The SMILES string of the molecule is CCCNc1ncnc2c1cnn2-c1ccccc1C. The van der Waals surface area contributed by atoms with Crippen molar-refractivity contribution in [1.29, 1.82) is 0 Å². The molecule has 5 heteroatoms. The molecule has 0 spiro atoms. The van der Waals surface area contributed by atoms with E-state index in [4.69, 9.17) is 0 Å². The second-order valence-electron chi connectivity index (χ2n) is 4.73. The molecular weight excluding hydrogens is 250 g/mol. The molecule has 0 radical (unpaired) electrons. The first kappa shape index (κ1) is 12.6. The number of anilines is 1. The number of aryl methyl sites for hydroxylation is 1. The second kappa shape index (κ2) is 5.28. The van der Waals surface area contributed by atoms with Crippen molar-refractivity contribution in [3.05, 3.63) is 42.4 Å². The lowest BCUT2D eigenvalue weighted by molar-refractivity contribution is 0.887. The molecule has 102 valence electrons. The van der Waals surface area contributed by atoms with Crippen LogP contribution < -0.4 is 5.32 Å². The molecule has 5 nitrogen and oxygen atoms in total. The van der Waals surface area contributed by atoms with Crippen LogP contribution in [0, 0.1) is 6.92 Å². The fourth-order valence-electron chi connectivity index (χ4n) is 2.21. The Kier molecular flexibility index (Phi) is 3.33. The number of para-hydroxylation sites is 1. The zero-order valence-electron chi connectivity index (χ0n) is 11.7. The molecule has 0 unspecified atom stereocenters. The van der Waals surface area contributed by atoms with E-state index in [1.807, 2.05) is 29.1 Å². The molecule has 1 aromatic carbocycles. The predicted octanol–water partition coefficient (Wildman–Crippen LogP) is 2.95. The van der Waals surface area contributed by atoms with Crippen LogP contribution in [0.1, 0.15) is 18.9 Å².